The van der Waals surface area contributed by atoms with Crippen LogP contribution in [0.4, 0.5) is 10.1 Å². The third-order valence-electron chi connectivity index (χ3n) is 2.90. The third-order valence-corrected chi connectivity index (χ3v) is 3.54. The molecule has 0 saturated carbocycles. The van der Waals surface area contributed by atoms with Gasteiger partial charge < -0.3 is 5.32 Å². The zero-order valence-electron chi connectivity index (χ0n) is 10.2. The van der Waals surface area contributed by atoms with Crippen molar-refractivity contribution in [1.82, 2.24) is 0 Å². The van der Waals surface area contributed by atoms with E-state index in [1.54, 1.807) is 6.07 Å². The number of halogens is 2. The Kier molecular flexibility index (Phi) is 4.37. The lowest BCUT2D eigenvalue weighted by Crippen LogP contribution is -2.02. The Morgan fingerprint density at radius 3 is 2.50 bits per heavy atom. The van der Waals surface area contributed by atoms with E-state index in [1.165, 1.54) is 17.2 Å². The minimum absolute atomic E-state index is 0.247. The van der Waals surface area contributed by atoms with Crippen molar-refractivity contribution in [3.8, 4) is 0 Å². The van der Waals surface area contributed by atoms with E-state index >= 15 is 0 Å². The lowest BCUT2D eigenvalue weighted by Gasteiger charge is -2.10. The highest BCUT2D eigenvalue weighted by atomic mass is 79.9. The minimum atomic E-state index is -0.247. The molecule has 0 heterocycles. The van der Waals surface area contributed by atoms with Crippen LogP contribution in [0.2, 0.25) is 0 Å². The molecule has 2 aromatic carbocycles. The molecule has 0 aliphatic rings. The van der Waals surface area contributed by atoms with Gasteiger partial charge in [-0.1, -0.05) is 31.2 Å². The van der Waals surface area contributed by atoms with E-state index in [1.807, 2.05) is 18.2 Å². The zero-order valence-corrected chi connectivity index (χ0v) is 11.8. The number of benzene rings is 2. The molecule has 1 N–H and O–H groups in total. The second-order valence-electron chi connectivity index (χ2n) is 4.10. The summed E-state index contributed by atoms with van der Waals surface area (Å²) in [5.41, 5.74) is 3.37. The molecule has 2 aromatic rings. The van der Waals surface area contributed by atoms with Crippen molar-refractivity contribution >= 4 is 21.6 Å². The lowest BCUT2D eigenvalue weighted by atomic mass is 10.1. The van der Waals surface area contributed by atoms with Gasteiger partial charge in [-0.2, -0.15) is 0 Å². The van der Waals surface area contributed by atoms with Crippen LogP contribution in [0.25, 0.3) is 0 Å². The van der Waals surface area contributed by atoms with Gasteiger partial charge in [0, 0.05) is 12.2 Å². The molecule has 0 aromatic heterocycles. The Labute approximate surface area is 115 Å². The quantitative estimate of drug-likeness (QED) is 0.858. The summed E-state index contributed by atoms with van der Waals surface area (Å²) in [5.74, 6) is -0.247. The zero-order chi connectivity index (χ0) is 13.0. The molecule has 2 rings (SSSR count). The van der Waals surface area contributed by atoms with Crippen LogP contribution in [-0.2, 0) is 13.0 Å². The van der Waals surface area contributed by atoms with Crippen molar-refractivity contribution < 1.29 is 4.39 Å². The summed E-state index contributed by atoms with van der Waals surface area (Å²) >= 11 is 3.15. The fraction of sp³-hybridized carbons (Fsp3) is 0.200. The molecule has 1 nitrogen and oxygen atoms in total. The van der Waals surface area contributed by atoms with E-state index in [9.17, 15) is 4.39 Å². The monoisotopic (exact) mass is 307 g/mol. The van der Waals surface area contributed by atoms with Crippen LogP contribution in [0.5, 0.6) is 0 Å². The molecule has 0 amide bonds. The highest BCUT2D eigenvalue weighted by Crippen LogP contribution is 2.20. The van der Waals surface area contributed by atoms with Crippen LogP contribution in [0.15, 0.2) is 46.9 Å². The number of hydrogen-bond donors (Lipinski definition) is 1. The van der Waals surface area contributed by atoms with E-state index < -0.39 is 0 Å². The average molecular weight is 308 g/mol. The van der Waals surface area contributed by atoms with E-state index in [4.69, 9.17) is 0 Å². The van der Waals surface area contributed by atoms with Gasteiger partial charge >= 0.3 is 0 Å². The molecule has 0 radical (unpaired) electrons. The van der Waals surface area contributed by atoms with Crippen molar-refractivity contribution in [1.29, 1.82) is 0 Å². The van der Waals surface area contributed by atoms with E-state index in [0.29, 0.717) is 11.0 Å². The molecule has 0 aliphatic heterocycles. The van der Waals surface area contributed by atoms with Crippen LogP contribution in [0.3, 0.4) is 0 Å². The van der Waals surface area contributed by atoms with Crippen molar-refractivity contribution in [2.24, 2.45) is 0 Å². The molecule has 94 valence electrons. The molecular formula is C15H15BrFN. The Bertz CT molecular complexity index is 540. The Hall–Kier alpha value is -1.35. The molecule has 0 unspecified atom stereocenters. The normalized spacial score (nSPS) is 10.4. The van der Waals surface area contributed by atoms with Gasteiger partial charge in [-0.15, -0.1) is 0 Å². The fourth-order valence-electron chi connectivity index (χ4n) is 1.88. The highest BCUT2D eigenvalue weighted by molar-refractivity contribution is 9.10. The predicted octanol–water partition coefficient (Wildman–Crippen LogP) is 4.76. The second kappa shape index (κ2) is 6.01. The van der Waals surface area contributed by atoms with E-state index in [2.05, 4.69) is 40.3 Å². The van der Waals surface area contributed by atoms with Gasteiger partial charge in [0.1, 0.15) is 5.82 Å². The van der Waals surface area contributed by atoms with Gasteiger partial charge in [0.05, 0.1) is 4.47 Å². The number of rotatable bonds is 4. The maximum absolute atomic E-state index is 13.4. The first-order valence-electron chi connectivity index (χ1n) is 5.96. The predicted molar refractivity (Wildman–Crippen MR) is 77.2 cm³/mol. The number of aryl methyl sites for hydroxylation is 1. The average Bonchev–Trinajstić information content (AvgIpc) is 2.40. The summed E-state index contributed by atoms with van der Waals surface area (Å²) in [6.45, 7) is 2.85. The first-order valence-corrected chi connectivity index (χ1v) is 6.75. The summed E-state index contributed by atoms with van der Waals surface area (Å²) in [4.78, 5) is 0. The van der Waals surface area contributed by atoms with E-state index in [-0.39, 0.29) is 5.82 Å². The molecular weight excluding hydrogens is 293 g/mol. The molecule has 0 atom stereocenters. The van der Waals surface area contributed by atoms with Crippen LogP contribution >= 0.6 is 15.9 Å². The summed E-state index contributed by atoms with van der Waals surface area (Å²) in [7, 11) is 0. The second-order valence-corrected chi connectivity index (χ2v) is 4.96. The molecule has 0 saturated heterocycles. The van der Waals surface area contributed by atoms with Gasteiger partial charge in [-0.3, -0.25) is 0 Å². The highest BCUT2D eigenvalue weighted by Gasteiger charge is 2.02. The molecule has 3 heteroatoms. The maximum Gasteiger partial charge on any atom is 0.139 e. The van der Waals surface area contributed by atoms with Gasteiger partial charge in [0.25, 0.3) is 0 Å². The van der Waals surface area contributed by atoms with Crippen molar-refractivity contribution in [3.05, 3.63) is 63.9 Å². The first-order chi connectivity index (χ1) is 8.70. The van der Waals surface area contributed by atoms with Crippen LogP contribution in [-0.4, -0.2) is 0 Å². The maximum atomic E-state index is 13.4. The number of hydrogen-bond acceptors (Lipinski definition) is 1. The Balaban J connectivity index is 2.09. The van der Waals surface area contributed by atoms with E-state index in [0.717, 1.165) is 12.1 Å². The topological polar surface area (TPSA) is 12.0 Å². The van der Waals surface area contributed by atoms with Gasteiger partial charge in [-0.05, 0) is 51.7 Å². The van der Waals surface area contributed by atoms with Crippen LogP contribution < -0.4 is 5.32 Å². The molecule has 18 heavy (non-hydrogen) atoms. The molecule has 0 spiro atoms. The van der Waals surface area contributed by atoms with Gasteiger partial charge in [0.2, 0.25) is 0 Å². The molecule has 0 bridgehead atoms. The molecule has 0 fully saturated rings. The van der Waals surface area contributed by atoms with Crippen LogP contribution in [0, 0.1) is 5.82 Å². The van der Waals surface area contributed by atoms with Gasteiger partial charge in [-0.25, -0.2) is 4.39 Å². The lowest BCUT2D eigenvalue weighted by molar-refractivity contribution is 0.621. The minimum Gasteiger partial charge on any atom is -0.381 e. The van der Waals surface area contributed by atoms with Crippen molar-refractivity contribution in [2.75, 3.05) is 5.32 Å². The van der Waals surface area contributed by atoms with Crippen molar-refractivity contribution in [2.45, 2.75) is 19.9 Å². The largest absolute Gasteiger partial charge is 0.381 e. The smallest absolute Gasteiger partial charge is 0.139 e. The van der Waals surface area contributed by atoms with Gasteiger partial charge in [0.15, 0.2) is 0 Å². The van der Waals surface area contributed by atoms with Crippen molar-refractivity contribution in [3.63, 3.8) is 0 Å². The SMILES string of the molecule is CCc1ccccc1CNc1ccc(Br)c(F)c1. The standard InChI is InChI=1S/C15H15BrFN/c1-2-11-5-3-4-6-12(11)10-18-13-7-8-14(16)15(17)9-13/h3-9,18H,2,10H2,1H3. The summed E-state index contributed by atoms with van der Waals surface area (Å²) in [6.07, 6.45) is 1.01. The summed E-state index contributed by atoms with van der Waals surface area (Å²) in [5, 5.41) is 3.24. The number of anilines is 1. The number of nitrogens with one attached hydrogen (secondary N) is 1. The third kappa shape index (κ3) is 3.10. The molecule has 0 aliphatic carbocycles. The fourth-order valence-corrected chi connectivity index (χ4v) is 2.12. The Morgan fingerprint density at radius 2 is 1.83 bits per heavy atom. The Morgan fingerprint density at radius 1 is 1.11 bits per heavy atom. The summed E-state index contributed by atoms with van der Waals surface area (Å²) in [6, 6.07) is 13.4. The van der Waals surface area contributed by atoms with Crippen LogP contribution in [0.1, 0.15) is 18.1 Å². The first kappa shape index (κ1) is 13.1. The summed E-state index contributed by atoms with van der Waals surface area (Å²) < 4.78 is 13.9.